The maximum absolute atomic E-state index is 13.2. The summed E-state index contributed by atoms with van der Waals surface area (Å²) in [6.45, 7) is 9.52. The summed E-state index contributed by atoms with van der Waals surface area (Å²) in [4.78, 5) is 16.7. The van der Waals surface area contributed by atoms with Crippen molar-refractivity contribution in [3.63, 3.8) is 0 Å². The summed E-state index contributed by atoms with van der Waals surface area (Å²) in [7, 11) is 0. The third-order valence-electron chi connectivity index (χ3n) is 5.06. The van der Waals surface area contributed by atoms with Gasteiger partial charge in [0.25, 0.3) is 0 Å². The van der Waals surface area contributed by atoms with Crippen LogP contribution in [0.5, 0.6) is 0 Å². The molecule has 0 N–H and O–H groups in total. The number of amides is 1. The lowest BCUT2D eigenvalue weighted by Gasteiger charge is -2.37. The molecule has 0 radical (unpaired) electrons. The smallest absolute Gasteiger partial charge is 0.226 e. The molecule has 1 unspecified atom stereocenters. The van der Waals surface area contributed by atoms with E-state index < -0.39 is 0 Å². The third kappa shape index (κ3) is 3.47. The minimum absolute atomic E-state index is 0.205. The van der Waals surface area contributed by atoms with Crippen molar-refractivity contribution in [3.05, 3.63) is 29.0 Å². The summed E-state index contributed by atoms with van der Waals surface area (Å²) in [6.07, 6.45) is 1.02. The van der Waals surface area contributed by atoms with Crippen molar-refractivity contribution in [2.75, 3.05) is 31.1 Å². The summed E-state index contributed by atoms with van der Waals surface area (Å²) in [6, 6.07) is 4.48. The first kappa shape index (κ1) is 16.6. The van der Waals surface area contributed by atoms with E-state index in [4.69, 9.17) is 11.6 Å². The highest BCUT2D eigenvalue weighted by atomic mass is 35.5. The average Bonchev–Trinajstić information content (AvgIpc) is 3.27. The van der Waals surface area contributed by atoms with Crippen molar-refractivity contribution in [1.29, 1.82) is 0 Å². The molecule has 0 bridgehead atoms. The Morgan fingerprint density at radius 3 is 2.39 bits per heavy atom. The topological polar surface area (TPSA) is 23.6 Å². The monoisotopic (exact) mass is 338 g/mol. The Morgan fingerprint density at radius 1 is 1.22 bits per heavy atom. The van der Waals surface area contributed by atoms with Crippen molar-refractivity contribution in [2.45, 2.75) is 27.2 Å². The lowest BCUT2D eigenvalue weighted by atomic mass is 9.88. The molecule has 1 heterocycles. The van der Waals surface area contributed by atoms with E-state index in [9.17, 15) is 9.18 Å². The zero-order valence-electron chi connectivity index (χ0n) is 14.0. The molecule has 1 saturated heterocycles. The van der Waals surface area contributed by atoms with Crippen LogP contribution in [-0.2, 0) is 4.79 Å². The molecule has 23 heavy (non-hydrogen) atoms. The van der Waals surface area contributed by atoms with E-state index >= 15 is 0 Å². The molecule has 126 valence electrons. The molecule has 2 fully saturated rings. The van der Waals surface area contributed by atoms with Gasteiger partial charge >= 0.3 is 0 Å². The van der Waals surface area contributed by atoms with E-state index in [0.29, 0.717) is 29.9 Å². The van der Waals surface area contributed by atoms with Gasteiger partial charge < -0.3 is 9.80 Å². The minimum Gasteiger partial charge on any atom is -0.367 e. The van der Waals surface area contributed by atoms with Gasteiger partial charge in [0.1, 0.15) is 5.82 Å². The highest BCUT2D eigenvalue weighted by Gasteiger charge is 2.50. The van der Waals surface area contributed by atoms with Crippen molar-refractivity contribution in [3.8, 4) is 0 Å². The Balaban J connectivity index is 1.58. The zero-order chi connectivity index (χ0) is 16.8. The second-order valence-electron chi connectivity index (χ2n) is 7.72. The van der Waals surface area contributed by atoms with Gasteiger partial charge in [-0.15, -0.1) is 0 Å². The molecule has 3 nitrogen and oxygen atoms in total. The van der Waals surface area contributed by atoms with E-state index in [1.165, 1.54) is 12.1 Å². The highest BCUT2D eigenvalue weighted by Crippen LogP contribution is 2.51. The zero-order valence-corrected chi connectivity index (χ0v) is 14.7. The molecule has 2 aliphatic rings. The lowest BCUT2D eigenvalue weighted by molar-refractivity contribution is -0.133. The van der Waals surface area contributed by atoms with Gasteiger partial charge in [0.05, 0.1) is 10.7 Å². The molecule has 1 amide bonds. The normalized spacial score (nSPS) is 24.7. The summed E-state index contributed by atoms with van der Waals surface area (Å²) in [5.74, 6) is 0.694. The quantitative estimate of drug-likeness (QED) is 0.818. The number of anilines is 1. The van der Waals surface area contributed by atoms with Gasteiger partial charge in [-0.1, -0.05) is 32.4 Å². The van der Waals surface area contributed by atoms with Crippen molar-refractivity contribution in [2.24, 2.45) is 17.3 Å². The molecular weight excluding hydrogens is 315 g/mol. The highest BCUT2D eigenvalue weighted by molar-refractivity contribution is 6.33. The van der Waals surface area contributed by atoms with E-state index in [-0.39, 0.29) is 17.2 Å². The summed E-state index contributed by atoms with van der Waals surface area (Å²) in [5.41, 5.74) is 1.06. The van der Waals surface area contributed by atoms with Crippen LogP contribution in [0.2, 0.25) is 5.02 Å². The molecule has 1 aliphatic carbocycles. The number of halogens is 2. The fourth-order valence-corrected chi connectivity index (χ4v) is 3.85. The van der Waals surface area contributed by atoms with Crippen LogP contribution in [0.25, 0.3) is 0 Å². The predicted octanol–water partition coefficient (Wildman–Crippen LogP) is 3.81. The minimum atomic E-state index is -0.325. The Kier molecular flexibility index (Phi) is 4.30. The summed E-state index contributed by atoms with van der Waals surface area (Å²) >= 11 is 6.13. The number of nitrogens with zero attached hydrogens (tertiary/aromatic N) is 2. The average molecular weight is 339 g/mol. The number of piperazine rings is 1. The number of carbonyl (C=O) groups is 1. The van der Waals surface area contributed by atoms with Crippen LogP contribution in [0.1, 0.15) is 27.2 Å². The fourth-order valence-electron chi connectivity index (χ4n) is 3.57. The molecule has 5 heteroatoms. The van der Waals surface area contributed by atoms with Crippen LogP contribution in [0.3, 0.4) is 0 Å². The number of rotatable bonds is 2. The molecule has 3 rings (SSSR count). The molecule has 0 spiro atoms. The Hall–Kier alpha value is -1.29. The Morgan fingerprint density at radius 2 is 1.87 bits per heavy atom. The molecule has 1 aromatic rings. The van der Waals surface area contributed by atoms with Gasteiger partial charge in [-0.25, -0.2) is 4.39 Å². The van der Waals surface area contributed by atoms with Gasteiger partial charge in [0.15, 0.2) is 0 Å². The van der Waals surface area contributed by atoms with Crippen LogP contribution < -0.4 is 4.90 Å². The molecule has 0 aromatic heterocycles. The Labute approximate surface area is 142 Å². The molecular formula is C18H24ClFN2O. The van der Waals surface area contributed by atoms with Crippen LogP contribution in [-0.4, -0.2) is 37.0 Å². The number of hydrogen-bond acceptors (Lipinski definition) is 2. The molecule has 2 atom stereocenters. The predicted molar refractivity (Wildman–Crippen MR) is 91.3 cm³/mol. The third-order valence-corrected chi connectivity index (χ3v) is 5.36. The second-order valence-corrected chi connectivity index (χ2v) is 8.13. The summed E-state index contributed by atoms with van der Waals surface area (Å²) < 4.78 is 13.2. The lowest BCUT2D eigenvalue weighted by Crippen LogP contribution is -2.49. The second kappa shape index (κ2) is 5.97. The Bertz CT molecular complexity index is 606. The maximum Gasteiger partial charge on any atom is 0.226 e. The van der Waals surface area contributed by atoms with Gasteiger partial charge in [-0.3, -0.25) is 4.79 Å². The van der Waals surface area contributed by atoms with Crippen LogP contribution >= 0.6 is 11.6 Å². The van der Waals surface area contributed by atoms with Gasteiger partial charge in [-0.2, -0.15) is 0 Å². The van der Waals surface area contributed by atoms with E-state index in [0.717, 1.165) is 25.2 Å². The number of hydrogen-bond donors (Lipinski definition) is 0. The number of benzene rings is 1. The van der Waals surface area contributed by atoms with Crippen LogP contribution in [0.15, 0.2) is 18.2 Å². The standard InChI is InChI=1S/C18H24ClFN2O/c1-18(2,3)14-11-13(14)17(23)22-8-6-21(7-9-22)16-5-4-12(20)10-15(16)19/h4-5,10,13-14H,6-9,11H2,1-3H3/t13-,14?/m0/s1. The van der Waals surface area contributed by atoms with Crippen molar-refractivity contribution in [1.82, 2.24) is 4.90 Å². The van der Waals surface area contributed by atoms with Gasteiger partial charge in [0.2, 0.25) is 5.91 Å². The van der Waals surface area contributed by atoms with E-state index in [1.807, 2.05) is 4.90 Å². The first-order chi connectivity index (χ1) is 10.8. The first-order valence-electron chi connectivity index (χ1n) is 8.26. The molecule has 1 aromatic carbocycles. The molecule has 1 aliphatic heterocycles. The summed E-state index contributed by atoms with van der Waals surface area (Å²) in [5, 5.41) is 0.430. The van der Waals surface area contributed by atoms with Gasteiger partial charge in [-0.05, 0) is 36.0 Å². The van der Waals surface area contributed by atoms with Crippen LogP contribution in [0, 0.1) is 23.1 Å². The largest absolute Gasteiger partial charge is 0.367 e. The van der Waals surface area contributed by atoms with E-state index in [2.05, 4.69) is 25.7 Å². The number of carbonyl (C=O) groups excluding carboxylic acids is 1. The first-order valence-corrected chi connectivity index (χ1v) is 8.64. The van der Waals surface area contributed by atoms with Crippen molar-refractivity contribution < 1.29 is 9.18 Å². The van der Waals surface area contributed by atoms with Gasteiger partial charge in [0, 0.05) is 32.1 Å². The van der Waals surface area contributed by atoms with Crippen molar-refractivity contribution >= 4 is 23.2 Å². The maximum atomic E-state index is 13.2. The SMILES string of the molecule is CC(C)(C)C1C[C@@H]1C(=O)N1CCN(c2ccc(F)cc2Cl)CC1. The molecule has 1 saturated carbocycles. The fraction of sp³-hybridized carbons (Fsp3) is 0.611. The van der Waals surface area contributed by atoms with E-state index in [1.54, 1.807) is 6.07 Å². The van der Waals surface area contributed by atoms with Crippen LogP contribution in [0.4, 0.5) is 10.1 Å².